The smallest absolute Gasteiger partial charge is 0.264 e. The summed E-state index contributed by atoms with van der Waals surface area (Å²) in [7, 11) is -4.13. The fourth-order valence-corrected chi connectivity index (χ4v) is 6.83. The second kappa shape index (κ2) is 15.2. The molecule has 0 aromatic heterocycles. The first kappa shape index (κ1) is 33.0. The van der Waals surface area contributed by atoms with Gasteiger partial charge in [-0.25, -0.2) is 8.42 Å². The molecule has 0 unspecified atom stereocenters. The van der Waals surface area contributed by atoms with Crippen LogP contribution in [0.3, 0.4) is 0 Å². The summed E-state index contributed by atoms with van der Waals surface area (Å²) in [6, 6.07) is 31.3. The van der Waals surface area contributed by atoms with Gasteiger partial charge in [-0.15, -0.1) is 0 Å². The van der Waals surface area contributed by atoms with Gasteiger partial charge in [-0.3, -0.25) is 13.9 Å². The molecule has 9 heteroatoms. The number of hydrogen-bond donors (Lipinski definition) is 1. The van der Waals surface area contributed by atoms with Gasteiger partial charge in [-0.2, -0.15) is 0 Å². The third kappa shape index (κ3) is 8.57. The molecule has 0 aliphatic carbocycles. The van der Waals surface area contributed by atoms with Crippen LogP contribution in [-0.4, -0.2) is 44.3 Å². The van der Waals surface area contributed by atoms with Crippen LogP contribution in [0.5, 0.6) is 0 Å². The number of benzene rings is 4. The molecule has 7 nitrogen and oxygen atoms in total. The first-order chi connectivity index (χ1) is 21.1. The van der Waals surface area contributed by atoms with Gasteiger partial charge in [0, 0.05) is 24.0 Å². The van der Waals surface area contributed by atoms with E-state index in [1.54, 1.807) is 30.3 Å². The van der Waals surface area contributed by atoms with Crippen molar-refractivity contribution in [1.29, 1.82) is 0 Å². The second-order valence-electron chi connectivity index (χ2n) is 11.1. The zero-order valence-corrected chi connectivity index (χ0v) is 27.6. The fraction of sp³-hybridized carbons (Fsp3) is 0.257. The van der Waals surface area contributed by atoms with Crippen molar-refractivity contribution < 1.29 is 18.0 Å². The molecule has 0 bridgehead atoms. The van der Waals surface area contributed by atoms with Gasteiger partial charge in [0.2, 0.25) is 11.8 Å². The topological polar surface area (TPSA) is 86.8 Å². The second-order valence-corrected chi connectivity index (χ2v) is 13.9. The van der Waals surface area contributed by atoms with E-state index in [1.165, 1.54) is 17.0 Å². The number of nitrogens with zero attached hydrogens (tertiary/aromatic N) is 2. The lowest BCUT2D eigenvalue weighted by Gasteiger charge is -2.34. The molecule has 0 heterocycles. The van der Waals surface area contributed by atoms with Crippen LogP contribution >= 0.6 is 15.9 Å². The molecule has 0 fully saturated rings. The number of amides is 2. The van der Waals surface area contributed by atoms with Crippen LogP contribution in [0, 0.1) is 12.8 Å². The third-order valence-corrected chi connectivity index (χ3v) is 9.46. The Hall–Kier alpha value is -3.95. The van der Waals surface area contributed by atoms with Gasteiger partial charge in [0.1, 0.15) is 12.6 Å². The number of carbonyl (C=O) groups excluding carboxylic acids is 2. The van der Waals surface area contributed by atoms with Gasteiger partial charge >= 0.3 is 0 Å². The van der Waals surface area contributed by atoms with Crippen LogP contribution in [-0.2, 0) is 32.6 Å². The minimum absolute atomic E-state index is 0.0742. The largest absolute Gasteiger partial charge is 0.354 e. The van der Waals surface area contributed by atoms with Crippen LogP contribution < -0.4 is 9.62 Å². The molecule has 0 aliphatic heterocycles. The summed E-state index contributed by atoms with van der Waals surface area (Å²) < 4.78 is 30.2. The SMILES string of the molecule is Cc1ccccc1N(CC(=O)N(Cc1cccc(Br)c1)[C@H](Cc1ccccc1)C(=O)NCC(C)C)S(=O)(=O)c1ccccc1. The Kier molecular flexibility index (Phi) is 11.4. The molecule has 4 rings (SSSR count). The van der Waals surface area contributed by atoms with Gasteiger partial charge in [0.25, 0.3) is 10.0 Å². The molecule has 2 amide bonds. The normalized spacial score (nSPS) is 12.0. The first-order valence-electron chi connectivity index (χ1n) is 14.5. The van der Waals surface area contributed by atoms with Crippen molar-refractivity contribution in [1.82, 2.24) is 10.2 Å². The monoisotopic (exact) mass is 675 g/mol. The van der Waals surface area contributed by atoms with E-state index in [1.807, 2.05) is 87.5 Å². The van der Waals surface area contributed by atoms with E-state index in [4.69, 9.17) is 0 Å². The summed E-state index contributed by atoms with van der Waals surface area (Å²) in [5.74, 6) is -0.578. The number of sulfonamides is 1. The summed E-state index contributed by atoms with van der Waals surface area (Å²) in [5.41, 5.74) is 2.79. The number of carbonyl (C=O) groups is 2. The number of anilines is 1. The Balaban J connectivity index is 1.80. The highest BCUT2D eigenvalue weighted by Crippen LogP contribution is 2.28. The van der Waals surface area contributed by atoms with Gasteiger partial charge in [-0.05, 0) is 59.9 Å². The minimum Gasteiger partial charge on any atom is -0.354 e. The molecule has 1 atom stereocenters. The molecule has 0 saturated carbocycles. The van der Waals surface area contributed by atoms with Gasteiger partial charge in [0.15, 0.2) is 0 Å². The van der Waals surface area contributed by atoms with Crippen molar-refractivity contribution >= 4 is 43.5 Å². The summed E-state index contributed by atoms with van der Waals surface area (Å²) >= 11 is 3.51. The van der Waals surface area contributed by atoms with E-state index in [2.05, 4.69) is 21.2 Å². The zero-order chi connectivity index (χ0) is 31.7. The number of hydrogen-bond acceptors (Lipinski definition) is 4. The maximum Gasteiger partial charge on any atom is 0.264 e. The molecule has 4 aromatic carbocycles. The van der Waals surface area contributed by atoms with E-state index < -0.39 is 28.5 Å². The van der Waals surface area contributed by atoms with Crippen molar-refractivity contribution in [2.75, 3.05) is 17.4 Å². The standard InChI is InChI=1S/C35H38BrN3O4S/c1-26(2)23-37-35(41)33(22-28-14-6-4-7-15-28)38(24-29-16-12-17-30(36)21-29)34(40)25-39(32-20-11-10-13-27(32)3)44(42,43)31-18-8-5-9-19-31/h4-21,26,33H,22-25H2,1-3H3,(H,37,41)/t33-/m1/s1. The molecule has 0 aliphatic rings. The molecular weight excluding hydrogens is 638 g/mol. The fourth-order valence-electron chi connectivity index (χ4n) is 4.88. The Morgan fingerprint density at radius 1 is 0.818 bits per heavy atom. The van der Waals surface area contributed by atoms with Crippen molar-refractivity contribution in [3.05, 3.63) is 130 Å². The molecule has 4 aromatic rings. The molecule has 0 saturated heterocycles. The predicted molar refractivity (Wildman–Crippen MR) is 179 cm³/mol. The summed E-state index contributed by atoms with van der Waals surface area (Å²) in [5, 5.41) is 3.01. The number of halogens is 1. The lowest BCUT2D eigenvalue weighted by Crippen LogP contribution is -2.53. The van der Waals surface area contributed by atoms with E-state index in [0.29, 0.717) is 17.8 Å². The van der Waals surface area contributed by atoms with Crippen molar-refractivity contribution in [2.24, 2.45) is 5.92 Å². The molecule has 0 radical (unpaired) electrons. The summed E-state index contributed by atoms with van der Waals surface area (Å²) in [4.78, 5) is 29.9. The van der Waals surface area contributed by atoms with Crippen molar-refractivity contribution in [3.63, 3.8) is 0 Å². The highest BCUT2D eigenvalue weighted by molar-refractivity contribution is 9.10. The van der Waals surface area contributed by atoms with Crippen LogP contribution in [0.4, 0.5) is 5.69 Å². The van der Waals surface area contributed by atoms with E-state index in [-0.39, 0.29) is 29.7 Å². The van der Waals surface area contributed by atoms with E-state index in [9.17, 15) is 18.0 Å². The summed E-state index contributed by atoms with van der Waals surface area (Å²) in [6.45, 7) is 5.89. The van der Waals surface area contributed by atoms with Crippen LogP contribution in [0.15, 0.2) is 119 Å². The summed E-state index contributed by atoms with van der Waals surface area (Å²) in [6.07, 6.45) is 0.264. The van der Waals surface area contributed by atoms with Crippen molar-refractivity contribution in [3.8, 4) is 0 Å². The maximum absolute atomic E-state index is 14.5. The number of rotatable bonds is 13. The molecule has 0 spiro atoms. The van der Waals surface area contributed by atoms with E-state index in [0.717, 1.165) is 19.9 Å². The van der Waals surface area contributed by atoms with Gasteiger partial charge in [0.05, 0.1) is 10.6 Å². The predicted octanol–water partition coefficient (Wildman–Crippen LogP) is 6.37. The Morgan fingerprint density at radius 3 is 2.07 bits per heavy atom. The van der Waals surface area contributed by atoms with Gasteiger partial charge in [-0.1, -0.05) is 109 Å². The molecule has 44 heavy (non-hydrogen) atoms. The lowest BCUT2D eigenvalue weighted by molar-refractivity contribution is -0.140. The Morgan fingerprint density at radius 2 is 1.43 bits per heavy atom. The Labute approximate surface area is 269 Å². The quantitative estimate of drug-likeness (QED) is 0.179. The highest BCUT2D eigenvalue weighted by atomic mass is 79.9. The third-order valence-electron chi connectivity index (χ3n) is 7.19. The molecule has 1 N–H and O–H groups in total. The molecular formula is C35H38BrN3O4S. The van der Waals surface area contributed by atoms with Crippen LogP contribution in [0.25, 0.3) is 0 Å². The van der Waals surface area contributed by atoms with E-state index >= 15 is 0 Å². The number of para-hydroxylation sites is 1. The van der Waals surface area contributed by atoms with Crippen molar-refractivity contribution in [2.45, 2.75) is 44.7 Å². The lowest BCUT2D eigenvalue weighted by atomic mass is 10.0. The average molecular weight is 677 g/mol. The Bertz CT molecular complexity index is 1660. The number of nitrogens with one attached hydrogen (secondary N) is 1. The average Bonchev–Trinajstić information content (AvgIpc) is 3.01. The number of aryl methyl sites for hydroxylation is 1. The zero-order valence-electron chi connectivity index (χ0n) is 25.2. The minimum atomic E-state index is -4.13. The van der Waals surface area contributed by atoms with Gasteiger partial charge < -0.3 is 10.2 Å². The maximum atomic E-state index is 14.5. The molecule has 230 valence electrons. The van der Waals surface area contributed by atoms with Crippen LogP contribution in [0.1, 0.15) is 30.5 Å². The highest BCUT2D eigenvalue weighted by Gasteiger charge is 2.35. The first-order valence-corrected chi connectivity index (χ1v) is 16.8. The van der Waals surface area contributed by atoms with Crippen LogP contribution in [0.2, 0.25) is 0 Å².